The quantitative estimate of drug-likeness (QED) is 0.753. The van der Waals surface area contributed by atoms with Crippen molar-refractivity contribution in [1.82, 2.24) is 4.98 Å². The molecule has 0 saturated heterocycles. The van der Waals surface area contributed by atoms with Crippen LogP contribution in [0.25, 0.3) is 0 Å². The smallest absolute Gasteiger partial charge is 0.307 e. The molecular formula is C13H19N3O3. The molecule has 0 atom stereocenters. The van der Waals surface area contributed by atoms with Gasteiger partial charge in [0.2, 0.25) is 0 Å². The molecule has 6 heteroatoms. The van der Waals surface area contributed by atoms with Gasteiger partial charge in [-0.1, -0.05) is 0 Å². The molecule has 1 aromatic rings. The summed E-state index contributed by atoms with van der Waals surface area (Å²) in [4.78, 5) is 26.8. The molecule has 0 aliphatic rings. The molecule has 0 aromatic carbocycles. The molecule has 19 heavy (non-hydrogen) atoms. The number of hydrogen-bond acceptors (Lipinski definition) is 5. The molecule has 0 unspecified atom stereocenters. The van der Waals surface area contributed by atoms with E-state index in [1.54, 1.807) is 19.9 Å². The third-order valence-corrected chi connectivity index (χ3v) is 2.52. The van der Waals surface area contributed by atoms with Gasteiger partial charge in [0.25, 0.3) is 5.91 Å². The first-order valence-corrected chi connectivity index (χ1v) is 6.13. The van der Waals surface area contributed by atoms with Gasteiger partial charge < -0.3 is 15.8 Å². The van der Waals surface area contributed by atoms with Crippen LogP contribution in [0.3, 0.4) is 0 Å². The Morgan fingerprint density at radius 2 is 2.11 bits per heavy atom. The number of anilines is 1. The largest absolute Gasteiger partial charge is 0.466 e. The van der Waals surface area contributed by atoms with Crippen molar-refractivity contribution < 1.29 is 14.3 Å². The van der Waals surface area contributed by atoms with Crippen molar-refractivity contribution in [2.75, 3.05) is 18.5 Å². The standard InChI is InChI=1S/C13H19N3O3/c1-4-19-11(17)5-6-15-10-7-8(2)16-9(3)12(10)13(14)18/h7H,4-6H2,1-3H3,(H2,14,18)(H,15,16). The maximum absolute atomic E-state index is 11.4. The Hall–Kier alpha value is -2.11. The van der Waals surface area contributed by atoms with Crippen molar-refractivity contribution in [3.63, 3.8) is 0 Å². The minimum absolute atomic E-state index is 0.229. The minimum Gasteiger partial charge on any atom is -0.466 e. The highest BCUT2D eigenvalue weighted by atomic mass is 16.5. The number of pyridine rings is 1. The molecule has 1 amide bonds. The second-order valence-electron chi connectivity index (χ2n) is 4.12. The third-order valence-electron chi connectivity index (χ3n) is 2.52. The predicted octanol–water partition coefficient (Wildman–Crippen LogP) is 1.16. The highest BCUT2D eigenvalue weighted by Gasteiger charge is 2.13. The van der Waals surface area contributed by atoms with Gasteiger partial charge in [0, 0.05) is 12.2 Å². The number of amides is 1. The van der Waals surface area contributed by atoms with Gasteiger partial charge in [-0.05, 0) is 26.8 Å². The lowest BCUT2D eigenvalue weighted by molar-refractivity contribution is -0.142. The van der Waals surface area contributed by atoms with Crippen molar-refractivity contribution in [2.45, 2.75) is 27.2 Å². The van der Waals surface area contributed by atoms with Crippen molar-refractivity contribution >= 4 is 17.6 Å². The van der Waals surface area contributed by atoms with Crippen LogP contribution in [0.5, 0.6) is 0 Å². The molecule has 1 rings (SSSR count). The number of carbonyl (C=O) groups is 2. The molecule has 0 bridgehead atoms. The van der Waals surface area contributed by atoms with Crippen LogP contribution in [-0.4, -0.2) is 30.0 Å². The number of nitrogens with one attached hydrogen (secondary N) is 1. The summed E-state index contributed by atoms with van der Waals surface area (Å²) < 4.78 is 4.82. The molecule has 6 nitrogen and oxygen atoms in total. The highest BCUT2D eigenvalue weighted by Crippen LogP contribution is 2.19. The lowest BCUT2D eigenvalue weighted by Gasteiger charge is -2.12. The van der Waals surface area contributed by atoms with Gasteiger partial charge in [0.1, 0.15) is 0 Å². The first kappa shape index (κ1) is 14.9. The highest BCUT2D eigenvalue weighted by molar-refractivity contribution is 5.99. The van der Waals surface area contributed by atoms with Crippen molar-refractivity contribution in [2.24, 2.45) is 5.73 Å². The lowest BCUT2D eigenvalue weighted by atomic mass is 10.1. The first-order chi connectivity index (χ1) is 8.95. The van der Waals surface area contributed by atoms with Gasteiger partial charge >= 0.3 is 5.97 Å². The van der Waals surface area contributed by atoms with E-state index >= 15 is 0 Å². The summed E-state index contributed by atoms with van der Waals surface area (Å²) in [6.07, 6.45) is 0.229. The Labute approximate surface area is 112 Å². The van der Waals surface area contributed by atoms with Gasteiger partial charge in [-0.25, -0.2) is 0 Å². The molecule has 0 aliphatic carbocycles. The average Bonchev–Trinajstić information content (AvgIpc) is 2.27. The number of carbonyl (C=O) groups excluding carboxylic acids is 2. The van der Waals surface area contributed by atoms with Crippen LogP contribution in [0.15, 0.2) is 6.07 Å². The number of hydrogen-bond donors (Lipinski definition) is 2. The second kappa shape index (κ2) is 6.72. The number of nitrogens with zero attached hydrogens (tertiary/aromatic N) is 1. The summed E-state index contributed by atoms with van der Waals surface area (Å²) in [6, 6.07) is 1.73. The van der Waals surface area contributed by atoms with Crippen LogP contribution in [0.2, 0.25) is 0 Å². The van der Waals surface area contributed by atoms with E-state index in [0.717, 1.165) is 5.69 Å². The number of ether oxygens (including phenoxy) is 1. The van der Waals surface area contributed by atoms with Gasteiger partial charge in [-0.3, -0.25) is 14.6 Å². The normalized spacial score (nSPS) is 10.1. The van der Waals surface area contributed by atoms with E-state index in [1.807, 2.05) is 6.92 Å². The summed E-state index contributed by atoms with van der Waals surface area (Å²) in [7, 11) is 0. The second-order valence-corrected chi connectivity index (χ2v) is 4.12. The van der Waals surface area contributed by atoms with E-state index in [0.29, 0.717) is 30.1 Å². The topological polar surface area (TPSA) is 94.3 Å². The molecule has 1 aromatic heterocycles. The number of aryl methyl sites for hydroxylation is 2. The third kappa shape index (κ3) is 4.24. The lowest BCUT2D eigenvalue weighted by Crippen LogP contribution is -2.19. The van der Waals surface area contributed by atoms with Crippen LogP contribution >= 0.6 is 0 Å². The molecule has 0 fully saturated rings. The van der Waals surface area contributed by atoms with E-state index in [1.165, 1.54) is 0 Å². The minimum atomic E-state index is -0.538. The maximum Gasteiger partial charge on any atom is 0.307 e. The van der Waals surface area contributed by atoms with Crippen molar-refractivity contribution in [3.8, 4) is 0 Å². The Kier molecular flexibility index (Phi) is 5.29. The summed E-state index contributed by atoms with van der Waals surface area (Å²) in [5.74, 6) is -0.818. The Morgan fingerprint density at radius 1 is 1.42 bits per heavy atom. The van der Waals surface area contributed by atoms with Crippen LogP contribution in [0.1, 0.15) is 35.1 Å². The summed E-state index contributed by atoms with van der Waals surface area (Å²) in [5.41, 5.74) is 7.64. The number of esters is 1. The van der Waals surface area contributed by atoms with E-state index in [2.05, 4.69) is 10.3 Å². The Morgan fingerprint density at radius 3 is 2.68 bits per heavy atom. The number of rotatable bonds is 6. The molecule has 0 saturated carbocycles. The number of primary amides is 1. The summed E-state index contributed by atoms with van der Waals surface area (Å²) >= 11 is 0. The Bertz CT molecular complexity index is 486. The fraction of sp³-hybridized carbons (Fsp3) is 0.462. The zero-order chi connectivity index (χ0) is 14.4. The van der Waals surface area contributed by atoms with E-state index < -0.39 is 5.91 Å². The SMILES string of the molecule is CCOC(=O)CCNc1cc(C)nc(C)c1C(N)=O. The fourth-order valence-electron chi connectivity index (χ4n) is 1.81. The monoisotopic (exact) mass is 265 g/mol. The van der Waals surface area contributed by atoms with E-state index in [-0.39, 0.29) is 12.4 Å². The van der Waals surface area contributed by atoms with E-state index in [9.17, 15) is 9.59 Å². The van der Waals surface area contributed by atoms with Crippen molar-refractivity contribution in [1.29, 1.82) is 0 Å². The molecule has 104 valence electrons. The van der Waals surface area contributed by atoms with Gasteiger partial charge in [0.15, 0.2) is 0 Å². The molecular weight excluding hydrogens is 246 g/mol. The average molecular weight is 265 g/mol. The maximum atomic E-state index is 11.4. The van der Waals surface area contributed by atoms with Crippen LogP contribution in [0, 0.1) is 13.8 Å². The fourth-order valence-corrected chi connectivity index (χ4v) is 1.81. The first-order valence-electron chi connectivity index (χ1n) is 6.13. The number of aromatic nitrogens is 1. The summed E-state index contributed by atoms with van der Waals surface area (Å²) in [6.45, 7) is 6.05. The zero-order valence-electron chi connectivity index (χ0n) is 11.4. The predicted molar refractivity (Wildman–Crippen MR) is 72.0 cm³/mol. The van der Waals surface area contributed by atoms with Crippen LogP contribution < -0.4 is 11.1 Å². The molecule has 0 aliphatic heterocycles. The van der Waals surface area contributed by atoms with Crippen LogP contribution in [0.4, 0.5) is 5.69 Å². The molecule has 1 heterocycles. The molecule has 0 spiro atoms. The summed E-state index contributed by atoms with van der Waals surface area (Å²) in [5, 5.41) is 3.02. The zero-order valence-corrected chi connectivity index (χ0v) is 11.4. The number of nitrogens with two attached hydrogens (primary N) is 1. The van der Waals surface area contributed by atoms with Crippen LogP contribution in [-0.2, 0) is 9.53 Å². The van der Waals surface area contributed by atoms with Gasteiger partial charge in [-0.15, -0.1) is 0 Å². The van der Waals surface area contributed by atoms with E-state index in [4.69, 9.17) is 10.5 Å². The van der Waals surface area contributed by atoms with Gasteiger partial charge in [0.05, 0.1) is 30.0 Å². The molecule has 3 N–H and O–H groups in total. The Balaban J connectivity index is 2.77. The van der Waals surface area contributed by atoms with Crippen molar-refractivity contribution in [3.05, 3.63) is 23.0 Å². The van der Waals surface area contributed by atoms with Gasteiger partial charge in [-0.2, -0.15) is 0 Å². The molecule has 0 radical (unpaired) electrons.